The van der Waals surface area contributed by atoms with E-state index in [1.807, 2.05) is 25.3 Å². The maximum absolute atomic E-state index is 12.0. The summed E-state index contributed by atoms with van der Waals surface area (Å²) in [5.74, 6) is -0.0771. The molecule has 1 unspecified atom stereocenters. The van der Waals surface area contributed by atoms with Crippen LogP contribution in [0, 0.1) is 6.92 Å². The monoisotopic (exact) mass is 408 g/mol. The number of hydrogen-bond acceptors (Lipinski definition) is 4. The Bertz CT molecular complexity index is 560. The second-order valence-electron chi connectivity index (χ2n) is 3.75. The molecule has 0 fully saturated rings. The van der Waals surface area contributed by atoms with Crippen LogP contribution >= 0.6 is 54.5 Å². The Hall–Kier alpha value is -0.240. The SMILES string of the molecule is Cc1csc(C(C)NC(=O)c2cc(Br)c(Br)s2)n1. The Morgan fingerprint density at radius 3 is 2.72 bits per heavy atom. The standard InChI is InChI=1S/C11H10Br2N2OS2/c1-5-4-17-11(14-5)6(2)15-10(16)8-3-7(12)9(13)18-8/h3-4,6H,1-2H3,(H,15,16). The molecular weight excluding hydrogens is 400 g/mol. The highest BCUT2D eigenvalue weighted by Gasteiger charge is 2.16. The van der Waals surface area contributed by atoms with Crippen molar-refractivity contribution < 1.29 is 4.79 Å². The first-order valence-corrected chi connectivity index (χ1v) is 8.43. The Labute approximate surface area is 130 Å². The van der Waals surface area contributed by atoms with Gasteiger partial charge in [-0.1, -0.05) is 0 Å². The molecule has 0 radical (unpaired) electrons. The van der Waals surface area contributed by atoms with Gasteiger partial charge < -0.3 is 5.32 Å². The molecule has 3 nitrogen and oxygen atoms in total. The lowest BCUT2D eigenvalue weighted by atomic mass is 10.3. The Morgan fingerprint density at radius 2 is 2.22 bits per heavy atom. The molecule has 96 valence electrons. The average molecular weight is 410 g/mol. The first kappa shape index (κ1) is 14.2. The number of nitrogens with zero attached hydrogens (tertiary/aromatic N) is 1. The molecule has 0 aromatic carbocycles. The van der Waals surface area contributed by atoms with Crippen LogP contribution < -0.4 is 5.32 Å². The van der Waals surface area contributed by atoms with E-state index in [9.17, 15) is 4.79 Å². The summed E-state index contributed by atoms with van der Waals surface area (Å²) in [7, 11) is 0. The number of halogens is 2. The molecule has 0 bridgehead atoms. The van der Waals surface area contributed by atoms with Crippen molar-refractivity contribution in [2.45, 2.75) is 19.9 Å². The molecule has 2 aromatic rings. The number of hydrogen-bond donors (Lipinski definition) is 1. The highest BCUT2D eigenvalue weighted by Crippen LogP contribution is 2.32. The summed E-state index contributed by atoms with van der Waals surface area (Å²) in [5, 5.41) is 5.85. The van der Waals surface area contributed by atoms with Crippen molar-refractivity contribution >= 4 is 60.4 Å². The van der Waals surface area contributed by atoms with E-state index >= 15 is 0 Å². The van der Waals surface area contributed by atoms with E-state index in [0.717, 1.165) is 19.0 Å². The highest BCUT2D eigenvalue weighted by molar-refractivity contribution is 9.13. The lowest BCUT2D eigenvalue weighted by Gasteiger charge is -2.09. The smallest absolute Gasteiger partial charge is 0.261 e. The molecular formula is C11H10Br2N2OS2. The van der Waals surface area contributed by atoms with Crippen LogP contribution in [0.15, 0.2) is 19.7 Å². The number of aromatic nitrogens is 1. The predicted octanol–water partition coefficient (Wildman–Crippen LogP) is 4.53. The zero-order valence-electron chi connectivity index (χ0n) is 9.66. The van der Waals surface area contributed by atoms with Gasteiger partial charge in [0.05, 0.1) is 14.7 Å². The van der Waals surface area contributed by atoms with Gasteiger partial charge in [0.1, 0.15) is 5.01 Å². The van der Waals surface area contributed by atoms with Crippen LogP contribution in [0.4, 0.5) is 0 Å². The van der Waals surface area contributed by atoms with Gasteiger partial charge in [-0.05, 0) is 51.8 Å². The maximum atomic E-state index is 12.0. The normalized spacial score (nSPS) is 12.4. The molecule has 0 saturated heterocycles. The number of amides is 1. The van der Waals surface area contributed by atoms with Crippen molar-refractivity contribution in [3.8, 4) is 0 Å². The van der Waals surface area contributed by atoms with Crippen LogP contribution in [0.2, 0.25) is 0 Å². The Balaban J connectivity index is 2.07. The third-order valence-electron chi connectivity index (χ3n) is 2.22. The predicted molar refractivity (Wildman–Crippen MR) is 82.5 cm³/mol. The second-order valence-corrected chi connectivity index (χ2v) is 7.87. The minimum atomic E-state index is -0.0771. The van der Waals surface area contributed by atoms with Gasteiger partial charge in [-0.15, -0.1) is 22.7 Å². The molecule has 1 atom stereocenters. The van der Waals surface area contributed by atoms with Crippen molar-refractivity contribution in [3.63, 3.8) is 0 Å². The summed E-state index contributed by atoms with van der Waals surface area (Å²) in [6, 6.07) is 1.74. The van der Waals surface area contributed by atoms with Crippen LogP contribution in [-0.2, 0) is 0 Å². The van der Waals surface area contributed by atoms with Crippen molar-refractivity contribution in [1.29, 1.82) is 0 Å². The zero-order chi connectivity index (χ0) is 13.3. The molecule has 0 aliphatic carbocycles. The number of aryl methyl sites for hydroxylation is 1. The molecule has 18 heavy (non-hydrogen) atoms. The summed E-state index contributed by atoms with van der Waals surface area (Å²) in [4.78, 5) is 17.1. The largest absolute Gasteiger partial charge is 0.342 e. The van der Waals surface area contributed by atoms with E-state index in [1.54, 1.807) is 11.3 Å². The van der Waals surface area contributed by atoms with Gasteiger partial charge in [-0.3, -0.25) is 4.79 Å². The Morgan fingerprint density at radius 1 is 1.50 bits per heavy atom. The molecule has 7 heteroatoms. The average Bonchev–Trinajstić information content (AvgIpc) is 2.86. The van der Waals surface area contributed by atoms with Gasteiger partial charge in [0.2, 0.25) is 0 Å². The van der Waals surface area contributed by atoms with E-state index in [0.29, 0.717) is 4.88 Å². The lowest BCUT2D eigenvalue weighted by Crippen LogP contribution is -2.25. The van der Waals surface area contributed by atoms with Crippen LogP contribution in [0.3, 0.4) is 0 Å². The van der Waals surface area contributed by atoms with Gasteiger partial charge in [-0.25, -0.2) is 4.98 Å². The van der Waals surface area contributed by atoms with Crippen molar-refractivity contribution in [3.05, 3.63) is 35.3 Å². The Kier molecular flexibility index (Phi) is 4.58. The topological polar surface area (TPSA) is 42.0 Å². The molecule has 0 spiro atoms. The molecule has 1 N–H and O–H groups in total. The third-order valence-corrected chi connectivity index (χ3v) is 6.62. The van der Waals surface area contributed by atoms with Crippen molar-refractivity contribution in [1.82, 2.24) is 10.3 Å². The molecule has 2 heterocycles. The number of nitrogens with one attached hydrogen (secondary N) is 1. The van der Waals surface area contributed by atoms with Crippen molar-refractivity contribution in [2.24, 2.45) is 0 Å². The van der Waals surface area contributed by atoms with Gasteiger partial charge in [0.25, 0.3) is 5.91 Å². The fraction of sp³-hybridized carbons (Fsp3) is 0.273. The molecule has 0 aliphatic heterocycles. The molecule has 0 saturated carbocycles. The molecule has 0 aliphatic rings. The van der Waals surface area contributed by atoms with E-state index in [1.165, 1.54) is 11.3 Å². The number of thiazole rings is 1. The van der Waals surface area contributed by atoms with E-state index in [-0.39, 0.29) is 11.9 Å². The summed E-state index contributed by atoms with van der Waals surface area (Å²) >= 11 is 9.72. The number of carbonyl (C=O) groups excluding carboxylic acids is 1. The van der Waals surface area contributed by atoms with Crippen LogP contribution in [0.5, 0.6) is 0 Å². The van der Waals surface area contributed by atoms with Crippen LogP contribution in [0.1, 0.15) is 33.3 Å². The fourth-order valence-corrected chi connectivity index (χ4v) is 4.10. The van der Waals surface area contributed by atoms with E-state index in [2.05, 4.69) is 42.2 Å². The van der Waals surface area contributed by atoms with Gasteiger partial charge in [0, 0.05) is 15.5 Å². The highest BCUT2D eigenvalue weighted by atomic mass is 79.9. The number of rotatable bonds is 3. The number of carbonyl (C=O) groups is 1. The molecule has 2 rings (SSSR count). The first-order valence-electron chi connectivity index (χ1n) is 5.15. The van der Waals surface area contributed by atoms with Crippen LogP contribution in [0.25, 0.3) is 0 Å². The van der Waals surface area contributed by atoms with Gasteiger partial charge in [-0.2, -0.15) is 0 Å². The first-order chi connectivity index (χ1) is 8.47. The maximum Gasteiger partial charge on any atom is 0.261 e. The van der Waals surface area contributed by atoms with E-state index < -0.39 is 0 Å². The summed E-state index contributed by atoms with van der Waals surface area (Å²) in [5.41, 5.74) is 0.984. The molecule has 2 aromatic heterocycles. The number of thiophene rings is 1. The lowest BCUT2D eigenvalue weighted by molar-refractivity contribution is 0.0944. The van der Waals surface area contributed by atoms with Crippen molar-refractivity contribution in [2.75, 3.05) is 0 Å². The van der Waals surface area contributed by atoms with E-state index in [4.69, 9.17) is 0 Å². The minimum absolute atomic E-state index is 0.0733. The van der Waals surface area contributed by atoms with Gasteiger partial charge >= 0.3 is 0 Å². The van der Waals surface area contributed by atoms with Gasteiger partial charge in [0.15, 0.2) is 0 Å². The molecule has 1 amide bonds. The zero-order valence-corrected chi connectivity index (χ0v) is 14.5. The summed E-state index contributed by atoms with van der Waals surface area (Å²) in [6.07, 6.45) is 0. The fourth-order valence-electron chi connectivity index (χ4n) is 1.36. The van der Waals surface area contributed by atoms with Crippen LogP contribution in [-0.4, -0.2) is 10.9 Å². The third kappa shape index (κ3) is 3.20. The second kappa shape index (κ2) is 5.81. The summed E-state index contributed by atoms with van der Waals surface area (Å²) in [6.45, 7) is 3.88. The summed E-state index contributed by atoms with van der Waals surface area (Å²) < 4.78 is 1.82. The minimum Gasteiger partial charge on any atom is -0.342 e. The quantitative estimate of drug-likeness (QED) is 0.808.